The van der Waals surface area contributed by atoms with E-state index in [1.165, 1.54) is 13.0 Å². The largest absolute Gasteiger partial charge is 0.483 e. The lowest BCUT2D eigenvalue weighted by Crippen LogP contribution is -2.29. The van der Waals surface area contributed by atoms with Crippen LogP contribution in [0.5, 0.6) is 5.75 Å². The van der Waals surface area contributed by atoms with E-state index in [0.717, 1.165) is 12.1 Å². The third-order valence-electron chi connectivity index (χ3n) is 3.02. The lowest BCUT2D eigenvalue weighted by atomic mass is 9.97. The van der Waals surface area contributed by atoms with Crippen molar-refractivity contribution in [2.75, 3.05) is 6.61 Å². The minimum Gasteiger partial charge on any atom is -0.483 e. The van der Waals surface area contributed by atoms with Gasteiger partial charge in [-0.1, -0.05) is 30.3 Å². The molecule has 0 aromatic heterocycles. The van der Waals surface area contributed by atoms with Gasteiger partial charge in [0.05, 0.1) is 11.0 Å². The Morgan fingerprint density at radius 3 is 2.57 bits per heavy atom. The van der Waals surface area contributed by atoms with Crippen molar-refractivity contribution in [1.82, 2.24) is 0 Å². The smallest absolute Gasteiger partial charge is 0.313 e. The highest BCUT2D eigenvalue weighted by atomic mass is 19.1. The summed E-state index contributed by atoms with van der Waals surface area (Å²) in [6.07, 6.45) is 0. The third kappa shape index (κ3) is 3.55. The zero-order chi connectivity index (χ0) is 15.5. The topological polar surface area (TPSA) is 72.6 Å². The number of hydrogen-bond acceptors (Lipinski definition) is 4. The lowest BCUT2D eigenvalue weighted by molar-refractivity contribution is -0.386. The van der Waals surface area contributed by atoms with Gasteiger partial charge in [-0.05, 0) is 24.6 Å². The van der Waals surface area contributed by atoms with Gasteiger partial charge in [0.1, 0.15) is 18.0 Å². The van der Waals surface area contributed by atoms with Crippen LogP contribution in [0, 0.1) is 15.9 Å². The van der Waals surface area contributed by atoms with Crippen LogP contribution in [0.4, 0.5) is 10.1 Å². The van der Waals surface area contributed by atoms with Crippen molar-refractivity contribution in [1.29, 1.82) is 0 Å². The first kappa shape index (κ1) is 14.9. The Balaban J connectivity index is 2.18. The molecule has 2 aromatic carbocycles. The molecule has 0 amide bonds. The van der Waals surface area contributed by atoms with Crippen molar-refractivity contribution in [3.63, 3.8) is 0 Å². The normalized spacial score (nSPS) is 13.5. The highest BCUT2D eigenvalue weighted by molar-refractivity contribution is 5.46. The van der Waals surface area contributed by atoms with Gasteiger partial charge in [-0.25, -0.2) is 4.39 Å². The molecule has 0 saturated heterocycles. The van der Waals surface area contributed by atoms with Crippen LogP contribution >= 0.6 is 0 Å². The van der Waals surface area contributed by atoms with Crippen LogP contribution in [0.3, 0.4) is 0 Å². The number of rotatable bonds is 5. The molecule has 0 heterocycles. The summed E-state index contributed by atoms with van der Waals surface area (Å²) in [6.45, 7) is 1.35. The molecule has 1 N–H and O–H groups in total. The van der Waals surface area contributed by atoms with Gasteiger partial charge in [0, 0.05) is 0 Å². The molecule has 0 aliphatic rings. The van der Waals surface area contributed by atoms with E-state index in [4.69, 9.17) is 4.74 Å². The fourth-order valence-electron chi connectivity index (χ4n) is 1.85. The maximum Gasteiger partial charge on any atom is 0.313 e. The van der Waals surface area contributed by atoms with Gasteiger partial charge in [0.15, 0.2) is 5.75 Å². The number of hydrogen-bond donors (Lipinski definition) is 1. The Labute approximate surface area is 120 Å². The van der Waals surface area contributed by atoms with Crippen molar-refractivity contribution in [3.05, 3.63) is 70.0 Å². The van der Waals surface area contributed by atoms with Crippen LogP contribution in [0.15, 0.2) is 48.5 Å². The number of benzene rings is 2. The predicted octanol–water partition coefficient (Wildman–Crippen LogP) is 3.02. The Hall–Kier alpha value is -2.47. The first-order valence-corrected chi connectivity index (χ1v) is 6.25. The SMILES string of the molecule is CC(O)(COc1ccc(F)cc1[N+](=O)[O-])c1ccccc1. The Morgan fingerprint density at radius 2 is 1.95 bits per heavy atom. The van der Waals surface area contributed by atoms with Gasteiger partial charge < -0.3 is 9.84 Å². The van der Waals surface area contributed by atoms with Gasteiger partial charge in [0.2, 0.25) is 0 Å². The summed E-state index contributed by atoms with van der Waals surface area (Å²) >= 11 is 0. The quantitative estimate of drug-likeness (QED) is 0.679. The molecule has 1 unspecified atom stereocenters. The molecule has 0 saturated carbocycles. The molecule has 21 heavy (non-hydrogen) atoms. The molecule has 0 spiro atoms. The summed E-state index contributed by atoms with van der Waals surface area (Å²) in [7, 11) is 0. The zero-order valence-corrected chi connectivity index (χ0v) is 11.3. The molecule has 2 rings (SSSR count). The van der Waals surface area contributed by atoms with Crippen LogP contribution in [0.2, 0.25) is 0 Å². The molecule has 5 nitrogen and oxygen atoms in total. The monoisotopic (exact) mass is 291 g/mol. The van der Waals surface area contributed by atoms with Crippen molar-refractivity contribution < 1.29 is 19.2 Å². The fourth-order valence-corrected chi connectivity index (χ4v) is 1.85. The van der Waals surface area contributed by atoms with Gasteiger partial charge >= 0.3 is 5.69 Å². The minimum absolute atomic E-state index is 0.0855. The molecule has 1 atom stereocenters. The summed E-state index contributed by atoms with van der Waals surface area (Å²) in [4.78, 5) is 10.1. The summed E-state index contributed by atoms with van der Waals surface area (Å²) < 4.78 is 18.4. The summed E-state index contributed by atoms with van der Waals surface area (Å²) in [5.74, 6) is -0.804. The van der Waals surface area contributed by atoms with E-state index >= 15 is 0 Å². The van der Waals surface area contributed by atoms with Crippen molar-refractivity contribution >= 4 is 5.69 Å². The maximum atomic E-state index is 13.0. The molecule has 2 aromatic rings. The van der Waals surface area contributed by atoms with Gasteiger partial charge in [0.25, 0.3) is 0 Å². The van der Waals surface area contributed by atoms with Gasteiger partial charge in [-0.2, -0.15) is 0 Å². The van der Waals surface area contributed by atoms with E-state index in [1.54, 1.807) is 24.3 Å². The van der Waals surface area contributed by atoms with Crippen molar-refractivity contribution in [2.45, 2.75) is 12.5 Å². The summed E-state index contributed by atoms with van der Waals surface area (Å²) in [6, 6.07) is 11.8. The Morgan fingerprint density at radius 1 is 1.29 bits per heavy atom. The minimum atomic E-state index is -1.32. The van der Waals surface area contributed by atoms with Crippen LogP contribution in [-0.2, 0) is 5.60 Å². The molecule has 6 heteroatoms. The van der Waals surface area contributed by atoms with E-state index in [-0.39, 0.29) is 12.4 Å². The Kier molecular flexibility index (Phi) is 4.18. The molecular weight excluding hydrogens is 277 g/mol. The average Bonchev–Trinajstić information content (AvgIpc) is 2.47. The molecule has 0 bridgehead atoms. The number of nitrogens with zero attached hydrogens (tertiary/aromatic N) is 1. The average molecular weight is 291 g/mol. The van der Waals surface area contributed by atoms with Crippen LogP contribution in [-0.4, -0.2) is 16.6 Å². The molecule has 0 aliphatic carbocycles. The zero-order valence-electron chi connectivity index (χ0n) is 11.3. The van der Waals surface area contributed by atoms with Gasteiger partial charge in [-0.3, -0.25) is 10.1 Å². The molecule has 0 fully saturated rings. The third-order valence-corrected chi connectivity index (χ3v) is 3.02. The second-order valence-corrected chi connectivity index (χ2v) is 4.80. The first-order chi connectivity index (χ1) is 9.90. The van der Waals surface area contributed by atoms with E-state index in [9.17, 15) is 19.6 Å². The second-order valence-electron chi connectivity index (χ2n) is 4.80. The van der Waals surface area contributed by atoms with Crippen LogP contribution < -0.4 is 4.74 Å². The van der Waals surface area contributed by atoms with Crippen molar-refractivity contribution in [3.8, 4) is 5.75 Å². The number of aliphatic hydroxyl groups is 1. The number of nitro groups is 1. The van der Waals surface area contributed by atoms with E-state index < -0.39 is 22.0 Å². The number of halogens is 1. The van der Waals surface area contributed by atoms with Crippen LogP contribution in [0.1, 0.15) is 12.5 Å². The lowest BCUT2D eigenvalue weighted by Gasteiger charge is -2.23. The maximum absolute atomic E-state index is 13.0. The van der Waals surface area contributed by atoms with Crippen molar-refractivity contribution in [2.24, 2.45) is 0 Å². The fraction of sp³-hybridized carbons (Fsp3) is 0.200. The van der Waals surface area contributed by atoms with E-state index in [1.807, 2.05) is 6.07 Å². The predicted molar refractivity (Wildman–Crippen MR) is 74.6 cm³/mol. The second kappa shape index (κ2) is 5.88. The molecule has 0 aliphatic heterocycles. The first-order valence-electron chi connectivity index (χ1n) is 6.25. The Bertz CT molecular complexity index is 643. The highest BCUT2D eigenvalue weighted by Gasteiger charge is 2.26. The standard InChI is InChI=1S/C15H14FNO4/c1-15(18,11-5-3-2-4-6-11)10-21-14-8-7-12(16)9-13(14)17(19)20/h2-9,18H,10H2,1H3. The van der Waals surface area contributed by atoms with E-state index in [0.29, 0.717) is 5.56 Å². The molecular formula is C15H14FNO4. The summed E-state index contributed by atoms with van der Waals surface area (Å²) in [5, 5.41) is 21.2. The highest BCUT2D eigenvalue weighted by Crippen LogP contribution is 2.29. The van der Waals surface area contributed by atoms with Gasteiger partial charge in [-0.15, -0.1) is 0 Å². The van der Waals surface area contributed by atoms with E-state index in [2.05, 4.69) is 0 Å². The van der Waals surface area contributed by atoms with Crippen LogP contribution in [0.25, 0.3) is 0 Å². The number of nitro benzene ring substituents is 1. The summed E-state index contributed by atoms with van der Waals surface area (Å²) in [5.41, 5.74) is -1.17. The number of ether oxygens (including phenoxy) is 1. The molecule has 0 radical (unpaired) electrons. The molecule has 110 valence electrons.